The molecule has 2 aromatic carbocycles. The number of halogens is 2. The lowest BCUT2D eigenvalue weighted by atomic mass is 10.3. The van der Waals surface area contributed by atoms with Gasteiger partial charge in [-0.3, -0.25) is 4.79 Å². The topological polar surface area (TPSA) is 56.2 Å². The van der Waals surface area contributed by atoms with Crippen LogP contribution < -0.4 is 10.1 Å². The number of fused-ring (bicyclic) bond motifs is 1. The van der Waals surface area contributed by atoms with Gasteiger partial charge in [0.2, 0.25) is 0 Å². The van der Waals surface area contributed by atoms with Crippen LogP contribution in [0.15, 0.2) is 42.5 Å². The van der Waals surface area contributed by atoms with E-state index in [1.165, 1.54) is 0 Å². The molecule has 0 saturated carbocycles. The number of nitrogens with one attached hydrogen (secondary N) is 1. The van der Waals surface area contributed by atoms with Gasteiger partial charge in [0.1, 0.15) is 11.6 Å². The first-order valence-corrected chi connectivity index (χ1v) is 9.08. The number of aromatic nitrogens is 2. The summed E-state index contributed by atoms with van der Waals surface area (Å²) in [5, 5.41) is 3.75. The van der Waals surface area contributed by atoms with Crippen LogP contribution in [0.25, 0.3) is 11.0 Å². The Morgan fingerprint density at radius 3 is 2.77 bits per heavy atom. The largest absolute Gasteiger partial charge is 0.479 e. The molecule has 0 aliphatic heterocycles. The third-order valence-corrected chi connectivity index (χ3v) is 4.57. The molecule has 1 heterocycles. The molecule has 1 N–H and O–H groups in total. The van der Waals surface area contributed by atoms with Crippen molar-refractivity contribution in [2.24, 2.45) is 0 Å². The van der Waals surface area contributed by atoms with Crippen molar-refractivity contribution < 1.29 is 9.53 Å². The lowest BCUT2D eigenvalue weighted by molar-refractivity contribution is -0.127. The van der Waals surface area contributed by atoms with Crippen molar-refractivity contribution in [3.63, 3.8) is 0 Å². The van der Waals surface area contributed by atoms with Crippen LogP contribution in [0.4, 0.5) is 0 Å². The highest BCUT2D eigenvalue weighted by atomic mass is 35.5. The summed E-state index contributed by atoms with van der Waals surface area (Å²) in [6.07, 6.45) is -0.701. The van der Waals surface area contributed by atoms with Gasteiger partial charge in [0.25, 0.3) is 5.91 Å². The standard InChI is InChI=1S/C19H19Cl2N3O2/c1-3-24-16-7-5-4-6-15(16)23-18(24)11-22-19(25)12(2)26-17-9-8-13(20)10-14(17)21/h4-10,12H,3,11H2,1-2H3,(H,22,25). The van der Waals surface area contributed by atoms with E-state index < -0.39 is 6.10 Å². The maximum atomic E-state index is 12.4. The Labute approximate surface area is 161 Å². The number of hydrogen-bond donors (Lipinski definition) is 1. The maximum absolute atomic E-state index is 12.4. The van der Waals surface area contributed by atoms with Crippen molar-refractivity contribution in [1.82, 2.24) is 14.9 Å². The van der Waals surface area contributed by atoms with E-state index in [2.05, 4.69) is 14.9 Å². The number of aryl methyl sites for hydroxylation is 1. The minimum absolute atomic E-state index is 0.245. The molecular weight excluding hydrogens is 373 g/mol. The van der Waals surface area contributed by atoms with E-state index in [9.17, 15) is 4.79 Å². The fourth-order valence-corrected chi connectivity index (χ4v) is 3.19. The van der Waals surface area contributed by atoms with Gasteiger partial charge in [-0.05, 0) is 44.2 Å². The van der Waals surface area contributed by atoms with Crippen LogP contribution in [0.3, 0.4) is 0 Å². The molecular formula is C19H19Cl2N3O2. The van der Waals surface area contributed by atoms with Crippen LogP contribution in [0.1, 0.15) is 19.7 Å². The van der Waals surface area contributed by atoms with E-state index in [-0.39, 0.29) is 5.91 Å². The van der Waals surface area contributed by atoms with Crippen LogP contribution in [-0.4, -0.2) is 21.6 Å². The van der Waals surface area contributed by atoms with Gasteiger partial charge < -0.3 is 14.6 Å². The molecule has 1 aromatic heterocycles. The van der Waals surface area contributed by atoms with Crippen molar-refractivity contribution in [2.45, 2.75) is 33.0 Å². The second-order valence-electron chi connectivity index (χ2n) is 5.81. The minimum atomic E-state index is -0.701. The molecule has 1 amide bonds. The number of hydrogen-bond acceptors (Lipinski definition) is 3. The average Bonchev–Trinajstić information content (AvgIpc) is 2.99. The minimum Gasteiger partial charge on any atom is -0.479 e. The number of carbonyl (C=O) groups is 1. The van der Waals surface area contributed by atoms with Gasteiger partial charge in [0, 0.05) is 11.6 Å². The van der Waals surface area contributed by atoms with Gasteiger partial charge in [-0.15, -0.1) is 0 Å². The lowest BCUT2D eigenvalue weighted by Crippen LogP contribution is -2.36. The number of carbonyl (C=O) groups excluding carboxylic acids is 1. The second kappa shape index (κ2) is 7.98. The molecule has 0 fully saturated rings. The number of nitrogens with zero attached hydrogens (tertiary/aromatic N) is 2. The Hall–Kier alpha value is -2.24. The molecule has 0 aliphatic rings. The molecule has 5 nitrogen and oxygen atoms in total. The summed E-state index contributed by atoms with van der Waals surface area (Å²) in [5.74, 6) is 0.976. The summed E-state index contributed by atoms with van der Waals surface area (Å²) >= 11 is 11.9. The van der Waals surface area contributed by atoms with E-state index in [4.69, 9.17) is 27.9 Å². The quantitative estimate of drug-likeness (QED) is 0.675. The normalized spacial score (nSPS) is 12.2. The molecule has 1 atom stereocenters. The summed E-state index contributed by atoms with van der Waals surface area (Å²) < 4.78 is 7.72. The Kier molecular flexibility index (Phi) is 5.69. The highest BCUT2D eigenvalue weighted by Gasteiger charge is 2.17. The molecule has 136 valence electrons. The highest BCUT2D eigenvalue weighted by Crippen LogP contribution is 2.28. The zero-order valence-electron chi connectivity index (χ0n) is 14.5. The van der Waals surface area contributed by atoms with E-state index in [0.717, 1.165) is 23.4 Å². The molecule has 26 heavy (non-hydrogen) atoms. The van der Waals surface area contributed by atoms with Crippen molar-refractivity contribution in [3.05, 3.63) is 58.3 Å². The summed E-state index contributed by atoms with van der Waals surface area (Å²) in [6, 6.07) is 12.8. The Morgan fingerprint density at radius 2 is 2.04 bits per heavy atom. The predicted octanol–water partition coefficient (Wildman–Crippen LogP) is 4.45. The molecule has 1 unspecified atom stereocenters. The van der Waals surface area contributed by atoms with Crippen molar-refractivity contribution >= 4 is 40.1 Å². The number of para-hydroxylation sites is 2. The van der Waals surface area contributed by atoms with Gasteiger partial charge in [-0.25, -0.2) is 4.98 Å². The second-order valence-corrected chi connectivity index (χ2v) is 6.66. The summed E-state index contributed by atoms with van der Waals surface area (Å²) in [6.45, 7) is 4.82. The van der Waals surface area contributed by atoms with Crippen molar-refractivity contribution in [1.29, 1.82) is 0 Å². The molecule has 0 saturated heterocycles. The Bertz CT molecular complexity index is 940. The first-order chi connectivity index (χ1) is 12.5. The predicted molar refractivity (Wildman–Crippen MR) is 104 cm³/mol. The molecule has 3 aromatic rings. The molecule has 0 radical (unpaired) electrons. The third kappa shape index (κ3) is 3.94. The van der Waals surface area contributed by atoms with Gasteiger partial charge in [0.15, 0.2) is 6.10 Å². The van der Waals surface area contributed by atoms with Crippen LogP contribution >= 0.6 is 23.2 Å². The highest BCUT2D eigenvalue weighted by molar-refractivity contribution is 6.35. The van der Waals surface area contributed by atoms with Gasteiger partial charge >= 0.3 is 0 Å². The van der Waals surface area contributed by atoms with Crippen LogP contribution in [0.2, 0.25) is 10.0 Å². The smallest absolute Gasteiger partial charge is 0.261 e. The average molecular weight is 392 g/mol. The Morgan fingerprint density at radius 1 is 1.27 bits per heavy atom. The first-order valence-electron chi connectivity index (χ1n) is 8.33. The zero-order valence-corrected chi connectivity index (χ0v) is 16.0. The van der Waals surface area contributed by atoms with Gasteiger partial charge in [-0.1, -0.05) is 35.3 Å². The van der Waals surface area contributed by atoms with Crippen LogP contribution in [-0.2, 0) is 17.9 Å². The number of benzene rings is 2. The number of amides is 1. The van der Waals surface area contributed by atoms with Crippen molar-refractivity contribution in [2.75, 3.05) is 0 Å². The fourth-order valence-electron chi connectivity index (χ4n) is 2.74. The molecule has 3 rings (SSSR count). The first kappa shape index (κ1) is 18.5. The number of imidazole rings is 1. The Balaban J connectivity index is 1.66. The van der Waals surface area contributed by atoms with Crippen LogP contribution in [0, 0.1) is 0 Å². The molecule has 0 spiro atoms. The summed E-state index contributed by atoms with van der Waals surface area (Å²) in [4.78, 5) is 17.0. The monoisotopic (exact) mass is 391 g/mol. The van der Waals surface area contributed by atoms with Gasteiger partial charge in [0.05, 0.1) is 22.6 Å². The summed E-state index contributed by atoms with van der Waals surface area (Å²) in [5.41, 5.74) is 1.97. The van der Waals surface area contributed by atoms with E-state index in [1.54, 1.807) is 25.1 Å². The van der Waals surface area contributed by atoms with Crippen LogP contribution in [0.5, 0.6) is 5.75 Å². The molecule has 0 bridgehead atoms. The summed E-state index contributed by atoms with van der Waals surface area (Å²) in [7, 11) is 0. The maximum Gasteiger partial charge on any atom is 0.261 e. The van der Waals surface area contributed by atoms with Gasteiger partial charge in [-0.2, -0.15) is 0 Å². The fraction of sp³-hybridized carbons (Fsp3) is 0.263. The van der Waals surface area contributed by atoms with E-state index in [1.807, 2.05) is 31.2 Å². The van der Waals surface area contributed by atoms with Crippen molar-refractivity contribution in [3.8, 4) is 5.75 Å². The molecule has 7 heteroatoms. The number of ether oxygens (including phenoxy) is 1. The number of rotatable bonds is 6. The lowest BCUT2D eigenvalue weighted by Gasteiger charge is -2.16. The SMILES string of the molecule is CCn1c(CNC(=O)C(C)Oc2ccc(Cl)cc2Cl)nc2ccccc21. The third-order valence-electron chi connectivity index (χ3n) is 4.04. The van der Waals surface area contributed by atoms with E-state index >= 15 is 0 Å². The molecule has 0 aliphatic carbocycles. The van der Waals surface area contributed by atoms with E-state index in [0.29, 0.717) is 22.3 Å². The zero-order chi connectivity index (χ0) is 18.7.